The summed E-state index contributed by atoms with van der Waals surface area (Å²) in [6.07, 6.45) is 0.660. The van der Waals surface area contributed by atoms with Crippen molar-refractivity contribution >= 4 is 27.5 Å². The average Bonchev–Trinajstić information content (AvgIpc) is 3.04. The Balaban J connectivity index is 1.48. The van der Waals surface area contributed by atoms with Gasteiger partial charge < -0.3 is 9.64 Å². The number of benzene rings is 2. The number of carbonyl (C=O) groups is 1. The van der Waals surface area contributed by atoms with Gasteiger partial charge in [0, 0.05) is 24.1 Å². The number of morpholine rings is 1. The zero-order valence-electron chi connectivity index (χ0n) is 14.3. The largest absolute Gasteiger partial charge is 0.371 e. The van der Waals surface area contributed by atoms with Crippen LogP contribution >= 0.6 is 15.9 Å². The van der Waals surface area contributed by atoms with Gasteiger partial charge in [-0.05, 0) is 36.2 Å². The van der Waals surface area contributed by atoms with Crippen LogP contribution in [0.3, 0.4) is 0 Å². The van der Waals surface area contributed by atoms with E-state index in [2.05, 4.69) is 20.8 Å². The van der Waals surface area contributed by atoms with Gasteiger partial charge in [-0.2, -0.15) is 0 Å². The Bertz CT molecular complexity index is 799. The number of hydrogen-bond acceptors (Lipinski definition) is 3. The minimum Gasteiger partial charge on any atom is -0.371 e. The Morgan fingerprint density at radius 2 is 1.85 bits per heavy atom. The smallest absolute Gasteiger partial charge is 0.244 e. The number of carbonyl (C=O) groups excluding carboxylic acids is 1. The molecular formula is C20H20BrFN2O2. The van der Waals surface area contributed by atoms with Gasteiger partial charge in [0.2, 0.25) is 5.91 Å². The van der Waals surface area contributed by atoms with Crippen LogP contribution in [0.5, 0.6) is 0 Å². The molecule has 2 aliphatic heterocycles. The van der Waals surface area contributed by atoms with E-state index in [4.69, 9.17) is 4.74 Å². The Labute approximate surface area is 160 Å². The van der Waals surface area contributed by atoms with Crippen LogP contribution in [0.25, 0.3) is 0 Å². The molecule has 26 heavy (non-hydrogen) atoms. The van der Waals surface area contributed by atoms with E-state index >= 15 is 0 Å². The van der Waals surface area contributed by atoms with Crippen LogP contribution in [0, 0.1) is 5.82 Å². The Morgan fingerprint density at radius 1 is 1.08 bits per heavy atom. The molecule has 2 saturated heterocycles. The summed E-state index contributed by atoms with van der Waals surface area (Å²) in [6, 6.07) is 14.3. The lowest BCUT2D eigenvalue weighted by Crippen LogP contribution is -2.48. The summed E-state index contributed by atoms with van der Waals surface area (Å²) in [5.41, 5.74) is 1.48. The summed E-state index contributed by atoms with van der Waals surface area (Å²) >= 11 is 3.45. The molecule has 2 aromatic rings. The summed E-state index contributed by atoms with van der Waals surface area (Å²) in [6.45, 7) is 2.52. The fraction of sp³-hybridized carbons (Fsp3) is 0.350. The van der Waals surface area contributed by atoms with Crippen molar-refractivity contribution in [2.75, 3.05) is 31.1 Å². The fourth-order valence-electron chi connectivity index (χ4n) is 3.74. The van der Waals surface area contributed by atoms with Crippen molar-refractivity contribution in [1.29, 1.82) is 0 Å². The number of nitrogens with zero attached hydrogens (tertiary/aromatic N) is 2. The lowest BCUT2D eigenvalue weighted by atomic mass is 10.1. The van der Waals surface area contributed by atoms with E-state index in [0.717, 1.165) is 10.0 Å². The third kappa shape index (κ3) is 3.41. The van der Waals surface area contributed by atoms with E-state index in [0.29, 0.717) is 38.3 Å². The molecule has 6 heteroatoms. The molecule has 2 aromatic carbocycles. The van der Waals surface area contributed by atoms with Gasteiger partial charge in [-0.3, -0.25) is 9.69 Å². The van der Waals surface area contributed by atoms with Crippen molar-refractivity contribution in [3.63, 3.8) is 0 Å². The van der Waals surface area contributed by atoms with Gasteiger partial charge in [-0.15, -0.1) is 0 Å². The lowest BCUT2D eigenvalue weighted by Gasteiger charge is -2.36. The zero-order valence-corrected chi connectivity index (χ0v) is 15.9. The van der Waals surface area contributed by atoms with E-state index in [1.165, 1.54) is 6.07 Å². The molecule has 2 aliphatic rings. The molecule has 0 radical (unpaired) electrons. The number of amides is 1. The van der Waals surface area contributed by atoms with E-state index in [1.54, 1.807) is 23.1 Å². The maximum atomic E-state index is 14.1. The molecule has 136 valence electrons. The van der Waals surface area contributed by atoms with Gasteiger partial charge in [0.1, 0.15) is 5.82 Å². The molecule has 2 atom stereocenters. The topological polar surface area (TPSA) is 32.8 Å². The maximum absolute atomic E-state index is 14.1. The minimum absolute atomic E-state index is 0.0217. The summed E-state index contributed by atoms with van der Waals surface area (Å²) in [4.78, 5) is 16.7. The standard InChI is InChI=1S/C20H20BrFN2O2/c21-15-7-5-14(6-8-15)19-13-23(11-12-26-19)18-9-10-24(20(18)25)17-4-2-1-3-16(17)22/h1-8,18-19H,9-13H2. The van der Waals surface area contributed by atoms with Gasteiger partial charge in [-0.25, -0.2) is 4.39 Å². The highest BCUT2D eigenvalue weighted by molar-refractivity contribution is 9.10. The number of halogens is 2. The van der Waals surface area contributed by atoms with E-state index < -0.39 is 0 Å². The molecule has 0 aliphatic carbocycles. The molecule has 4 nitrogen and oxygen atoms in total. The third-order valence-electron chi connectivity index (χ3n) is 5.10. The SMILES string of the molecule is O=C1C(N2CCOC(c3ccc(Br)cc3)C2)CCN1c1ccccc1F. The number of hydrogen-bond donors (Lipinski definition) is 0. The van der Waals surface area contributed by atoms with Gasteiger partial charge >= 0.3 is 0 Å². The predicted molar refractivity (Wildman–Crippen MR) is 102 cm³/mol. The molecular weight excluding hydrogens is 399 g/mol. The third-order valence-corrected chi connectivity index (χ3v) is 5.63. The highest BCUT2D eigenvalue weighted by Gasteiger charge is 2.39. The number of ether oxygens (including phenoxy) is 1. The first-order valence-corrected chi connectivity index (χ1v) is 9.60. The molecule has 0 spiro atoms. The Kier molecular flexibility index (Phi) is 5.07. The summed E-state index contributed by atoms with van der Waals surface area (Å²) in [5.74, 6) is -0.372. The number of anilines is 1. The van der Waals surface area contributed by atoms with Crippen molar-refractivity contribution in [2.24, 2.45) is 0 Å². The number of para-hydroxylation sites is 1. The molecule has 2 unspecified atom stereocenters. The van der Waals surface area contributed by atoms with Gasteiger partial charge in [-0.1, -0.05) is 40.2 Å². The van der Waals surface area contributed by atoms with Crippen molar-refractivity contribution in [1.82, 2.24) is 4.90 Å². The average molecular weight is 419 g/mol. The monoisotopic (exact) mass is 418 g/mol. The van der Waals surface area contributed by atoms with Crippen molar-refractivity contribution in [2.45, 2.75) is 18.6 Å². The molecule has 1 amide bonds. The maximum Gasteiger partial charge on any atom is 0.244 e. The molecule has 4 rings (SSSR count). The summed E-state index contributed by atoms with van der Waals surface area (Å²) in [5, 5.41) is 0. The van der Waals surface area contributed by atoms with Crippen LogP contribution in [0.2, 0.25) is 0 Å². The second kappa shape index (κ2) is 7.47. The highest BCUT2D eigenvalue weighted by atomic mass is 79.9. The quantitative estimate of drug-likeness (QED) is 0.760. The van der Waals surface area contributed by atoms with Gasteiger partial charge in [0.15, 0.2) is 0 Å². The van der Waals surface area contributed by atoms with E-state index in [9.17, 15) is 9.18 Å². The van der Waals surface area contributed by atoms with Crippen LogP contribution in [0.15, 0.2) is 53.0 Å². The van der Waals surface area contributed by atoms with Crippen molar-refractivity contribution in [3.8, 4) is 0 Å². The normalized spacial score (nSPS) is 24.2. The van der Waals surface area contributed by atoms with Crippen LogP contribution in [-0.2, 0) is 9.53 Å². The fourth-order valence-corrected chi connectivity index (χ4v) is 4.01. The second-order valence-electron chi connectivity index (χ2n) is 6.65. The minimum atomic E-state index is -0.351. The second-order valence-corrected chi connectivity index (χ2v) is 7.57. The molecule has 0 saturated carbocycles. The van der Waals surface area contributed by atoms with Crippen LogP contribution in [-0.4, -0.2) is 43.1 Å². The number of rotatable bonds is 3. The van der Waals surface area contributed by atoms with E-state index in [1.807, 2.05) is 24.3 Å². The van der Waals surface area contributed by atoms with Crippen LogP contribution in [0.1, 0.15) is 18.1 Å². The molecule has 0 aromatic heterocycles. The Hall–Kier alpha value is -1.76. The highest BCUT2D eigenvalue weighted by Crippen LogP contribution is 2.30. The summed E-state index contributed by atoms with van der Waals surface area (Å²) in [7, 11) is 0. The first-order chi connectivity index (χ1) is 12.6. The van der Waals surface area contributed by atoms with E-state index in [-0.39, 0.29) is 23.9 Å². The van der Waals surface area contributed by atoms with Gasteiger partial charge in [0.25, 0.3) is 0 Å². The molecule has 2 heterocycles. The molecule has 0 N–H and O–H groups in total. The zero-order chi connectivity index (χ0) is 18.1. The predicted octanol–water partition coefficient (Wildman–Crippen LogP) is 3.77. The van der Waals surface area contributed by atoms with Crippen molar-refractivity contribution in [3.05, 3.63) is 64.4 Å². The first-order valence-electron chi connectivity index (χ1n) is 8.80. The lowest BCUT2D eigenvalue weighted by molar-refractivity contribution is -0.125. The first kappa shape index (κ1) is 17.6. The van der Waals surface area contributed by atoms with Gasteiger partial charge in [0.05, 0.1) is 24.4 Å². The van der Waals surface area contributed by atoms with Crippen molar-refractivity contribution < 1.29 is 13.9 Å². The molecule has 0 bridgehead atoms. The van der Waals surface area contributed by atoms with Crippen LogP contribution < -0.4 is 4.90 Å². The molecule has 2 fully saturated rings. The Morgan fingerprint density at radius 3 is 2.62 bits per heavy atom. The summed E-state index contributed by atoms with van der Waals surface area (Å²) < 4.78 is 21.0. The van der Waals surface area contributed by atoms with Crippen LogP contribution in [0.4, 0.5) is 10.1 Å².